The number of methoxy groups -OCH3 is 1. The van der Waals surface area contributed by atoms with Crippen molar-refractivity contribution < 1.29 is 274 Å². The van der Waals surface area contributed by atoms with Gasteiger partial charge < -0.3 is 54.0 Å². The topological polar surface area (TPSA) is 157 Å². The zero-order valence-electron chi connectivity index (χ0n) is 21.8. The molecule has 17 heteroatoms. The predicted molar refractivity (Wildman–Crippen MR) is 118 cm³/mol. The second kappa shape index (κ2) is 23.5. The Morgan fingerprint density at radius 2 is 1.51 bits per heavy atom. The van der Waals surface area contributed by atoms with Crippen LogP contribution in [0.1, 0.15) is 18.8 Å². The summed E-state index contributed by atoms with van der Waals surface area (Å²) in [6.45, 7) is 1.44. The summed E-state index contributed by atoms with van der Waals surface area (Å²) < 4.78 is 34.0. The summed E-state index contributed by atoms with van der Waals surface area (Å²) in [7, 11) is 1.56. The van der Waals surface area contributed by atoms with Crippen molar-refractivity contribution >= 4 is 11.8 Å². The fourth-order valence-corrected chi connectivity index (χ4v) is 5.21. The molecule has 39 heavy (non-hydrogen) atoms. The quantitative estimate of drug-likeness (QED) is 0.231. The Morgan fingerprint density at radius 3 is 2.08 bits per heavy atom. The molecule has 5 N–H and O–H groups in total. The van der Waals surface area contributed by atoms with Crippen molar-refractivity contribution in [1.82, 2.24) is 0 Å². The first kappa shape index (κ1) is 47.3. The van der Waals surface area contributed by atoms with Gasteiger partial charge in [0.05, 0.1) is 20.3 Å². The second-order valence-corrected chi connectivity index (χ2v) is 9.70. The molecule has 3 aliphatic heterocycles. The summed E-state index contributed by atoms with van der Waals surface area (Å²) in [5.74, 6) is 1.31. The molecule has 3 fully saturated rings. The summed E-state index contributed by atoms with van der Waals surface area (Å²) in [6, 6.07) is 7.07. The number of aliphatic hydroxyl groups excluding tert-OH is 5. The maximum atomic E-state index is 10.8. The third-order valence-corrected chi connectivity index (χ3v) is 7.22. The molecule has 0 aliphatic carbocycles. The molecular formula is C22H32Ac5O11S. The number of aliphatic hydroxyl groups is 5. The third kappa shape index (κ3) is 12.2. The molecule has 3 saturated heterocycles. The summed E-state index contributed by atoms with van der Waals surface area (Å²) in [5, 5.41) is 52.2. The molecule has 0 bridgehead atoms. The zero-order valence-corrected chi connectivity index (χ0v) is 46.3. The number of benzene rings is 1. The van der Waals surface area contributed by atoms with Crippen molar-refractivity contribution in [2.24, 2.45) is 0 Å². The molecule has 11 nitrogen and oxygen atoms in total. The normalized spacial score (nSPS) is 37.3. The minimum Gasteiger partial charge on any atom is -0.497 e. The van der Waals surface area contributed by atoms with Gasteiger partial charge in [0.1, 0.15) is 60.0 Å². The minimum absolute atomic E-state index is 0. The monoisotopic (exact) mass is 1640 g/mol. The van der Waals surface area contributed by atoms with Crippen molar-refractivity contribution in [1.29, 1.82) is 0 Å². The van der Waals surface area contributed by atoms with Crippen LogP contribution in [0.4, 0.5) is 0 Å². The molecule has 5 unspecified atom stereocenters. The largest absolute Gasteiger partial charge is 0.497 e. The van der Waals surface area contributed by atoms with Gasteiger partial charge in [-0.25, -0.2) is 0 Å². The summed E-state index contributed by atoms with van der Waals surface area (Å²) >= 11 is 1.29. The van der Waals surface area contributed by atoms with E-state index in [4.69, 9.17) is 28.4 Å². The average Bonchev–Trinajstić information content (AvgIpc) is 2.86. The van der Waals surface area contributed by atoms with Gasteiger partial charge >= 0.3 is 0 Å². The zero-order chi connectivity index (χ0) is 24.4. The van der Waals surface area contributed by atoms with Gasteiger partial charge in [0.2, 0.25) is 0 Å². The maximum Gasteiger partial charge on any atom is 0.187 e. The van der Waals surface area contributed by atoms with Crippen LogP contribution in [-0.4, -0.2) is 112 Å². The molecule has 1 aromatic rings. The van der Waals surface area contributed by atoms with Gasteiger partial charge in [-0.15, -0.1) is 11.8 Å². The predicted octanol–water partition coefficient (Wildman–Crippen LogP) is -0.867. The van der Waals surface area contributed by atoms with E-state index < -0.39 is 73.5 Å². The van der Waals surface area contributed by atoms with Crippen molar-refractivity contribution in [2.45, 2.75) is 73.8 Å². The van der Waals surface area contributed by atoms with Crippen molar-refractivity contribution in [3.8, 4) is 5.75 Å². The number of fused-ring (bicyclic) bond motifs is 1. The summed E-state index contributed by atoms with van der Waals surface area (Å²) in [6.07, 6.45) is -11.6. The Labute approximate surface area is 411 Å². The van der Waals surface area contributed by atoms with Crippen LogP contribution in [-0.2, 0) is 23.7 Å². The van der Waals surface area contributed by atoms with Gasteiger partial charge in [-0.1, -0.05) is 19.1 Å². The molecule has 207 valence electrons. The Hall–Kier alpha value is 6.18. The number of thioether (sulfide) groups is 1. The number of rotatable bonds is 7. The first-order valence-electron chi connectivity index (χ1n) is 11.2. The average molecular weight is 1640 g/mol. The second-order valence-electron chi connectivity index (χ2n) is 8.33. The van der Waals surface area contributed by atoms with Crippen LogP contribution < -0.4 is 4.74 Å². The van der Waals surface area contributed by atoms with Gasteiger partial charge in [0.25, 0.3) is 0 Å². The van der Waals surface area contributed by atoms with E-state index in [0.29, 0.717) is 17.1 Å². The molecule has 3 heterocycles. The summed E-state index contributed by atoms with van der Waals surface area (Å²) in [5.41, 5.74) is -0.0275. The van der Waals surface area contributed by atoms with Crippen LogP contribution in [0, 0.1) is 220 Å². The minimum atomic E-state index is -1.53. The number of hydrogen-bond acceptors (Lipinski definition) is 12. The van der Waals surface area contributed by atoms with Crippen molar-refractivity contribution in [3.63, 3.8) is 0 Å². The van der Waals surface area contributed by atoms with Crippen LogP contribution in [0.3, 0.4) is 0 Å². The smallest absolute Gasteiger partial charge is 0.187 e. The van der Waals surface area contributed by atoms with E-state index in [0.717, 1.165) is 0 Å². The van der Waals surface area contributed by atoms with E-state index in [1.165, 1.54) is 11.8 Å². The van der Waals surface area contributed by atoms with Crippen molar-refractivity contribution in [2.75, 3.05) is 26.1 Å². The van der Waals surface area contributed by atoms with E-state index >= 15 is 0 Å². The van der Waals surface area contributed by atoms with E-state index in [9.17, 15) is 25.5 Å². The van der Waals surface area contributed by atoms with E-state index in [1.54, 1.807) is 31.4 Å². The van der Waals surface area contributed by atoms with Crippen LogP contribution in [0.2, 0.25) is 0 Å². The molecule has 0 spiro atoms. The molecule has 11 atom stereocenters. The van der Waals surface area contributed by atoms with Crippen LogP contribution in [0.5, 0.6) is 5.75 Å². The van der Waals surface area contributed by atoms with Gasteiger partial charge in [0, 0.05) is 226 Å². The molecular weight excluding hydrogens is 1610 g/mol. The fourth-order valence-electron chi connectivity index (χ4n) is 4.30. The van der Waals surface area contributed by atoms with Crippen LogP contribution >= 0.6 is 11.8 Å². The van der Waals surface area contributed by atoms with E-state index in [1.807, 2.05) is 6.92 Å². The first-order valence-corrected chi connectivity index (χ1v) is 12.2. The molecule has 0 saturated carbocycles. The molecule has 3 aliphatic rings. The Bertz CT molecular complexity index is 800. The molecule has 5 radical (unpaired) electrons. The molecule has 4 rings (SSSR count). The number of ether oxygens (including phenoxy) is 6. The molecule has 0 amide bonds. The van der Waals surface area contributed by atoms with Gasteiger partial charge in [0.15, 0.2) is 12.6 Å². The molecule has 0 aromatic heterocycles. The SMILES string of the molecule is CCS[C@@H]1OC(CO)[C@@H](O[C@H]2OC3COC(c4ccc(OC)cc4)O[C@H]3[C@@H](O)C2O)[C@@H](O)C1O.[Ac].[Ac].[Ac].[Ac].[Ac]. The Morgan fingerprint density at radius 1 is 0.872 bits per heavy atom. The Kier molecular flexibility index (Phi) is 28.5. The van der Waals surface area contributed by atoms with E-state index in [-0.39, 0.29) is 227 Å². The van der Waals surface area contributed by atoms with Crippen LogP contribution in [0.25, 0.3) is 0 Å². The van der Waals surface area contributed by atoms with E-state index in [2.05, 4.69) is 0 Å². The maximum absolute atomic E-state index is 10.8. The fraction of sp³-hybridized carbons (Fsp3) is 0.727. The standard InChI is InChI=1S/C22H32O11S.5Ac/c1-3-34-22-17(27)15(25)18(12(8-23)31-22)33-21-16(26)14(24)19-13(30-21)9-29-20(32-19)10-4-6-11(28-2)7-5-10;;;;;/h4-7,12-27H,3,8-9H2,1-2H3;;;;;/t12?,13?,14-,15-,16?,17?,18+,19+,20?,21+,22-;;;;;/m0...../s1. The first-order chi connectivity index (χ1) is 16.4. The van der Waals surface area contributed by atoms with Gasteiger partial charge in [-0.05, 0) is 17.9 Å². The van der Waals surface area contributed by atoms with Gasteiger partial charge in [-0.3, -0.25) is 0 Å². The van der Waals surface area contributed by atoms with Gasteiger partial charge in [-0.2, -0.15) is 0 Å². The molecule has 1 aromatic carbocycles. The number of hydrogen-bond donors (Lipinski definition) is 5. The summed E-state index contributed by atoms with van der Waals surface area (Å²) in [4.78, 5) is 0. The Balaban J connectivity index is 0. The van der Waals surface area contributed by atoms with Crippen LogP contribution in [0.15, 0.2) is 24.3 Å². The third-order valence-electron chi connectivity index (χ3n) is 6.16. The van der Waals surface area contributed by atoms with Crippen molar-refractivity contribution in [3.05, 3.63) is 29.8 Å².